The highest BCUT2D eigenvalue weighted by Gasteiger charge is 2.47. The van der Waals surface area contributed by atoms with Crippen molar-refractivity contribution in [2.24, 2.45) is 17.6 Å². The van der Waals surface area contributed by atoms with Crippen molar-refractivity contribution in [2.45, 2.75) is 25.6 Å². The highest BCUT2D eigenvalue weighted by atomic mass is 35.5. The Balaban J connectivity index is 1.34. The van der Waals surface area contributed by atoms with Crippen molar-refractivity contribution in [3.8, 4) is 11.5 Å². The van der Waals surface area contributed by atoms with Crippen molar-refractivity contribution >= 4 is 23.4 Å². The predicted octanol–water partition coefficient (Wildman–Crippen LogP) is 4.94. The van der Waals surface area contributed by atoms with Crippen LogP contribution in [0.3, 0.4) is 0 Å². The van der Waals surface area contributed by atoms with Gasteiger partial charge in [0.1, 0.15) is 0 Å². The first-order valence-corrected chi connectivity index (χ1v) is 12.6. The number of benzene rings is 2. The molecule has 0 bridgehead atoms. The summed E-state index contributed by atoms with van der Waals surface area (Å²) in [6.07, 6.45) is -4.76. The van der Waals surface area contributed by atoms with E-state index in [2.05, 4.69) is 9.88 Å². The quantitative estimate of drug-likeness (QED) is 0.473. The predicted molar refractivity (Wildman–Crippen MR) is 134 cm³/mol. The second kappa shape index (κ2) is 10.1. The Hall–Kier alpha value is -3.37. The van der Waals surface area contributed by atoms with Gasteiger partial charge in [0, 0.05) is 49.2 Å². The van der Waals surface area contributed by atoms with E-state index in [4.69, 9.17) is 21.8 Å². The summed E-state index contributed by atoms with van der Waals surface area (Å²) in [6, 6.07) is 13.5. The molecule has 0 spiro atoms. The number of likely N-dealkylation sites (tertiary alicyclic amines) is 2. The molecule has 2 N–H and O–H groups in total. The van der Waals surface area contributed by atoms with E-state index in [9.17, 15) is 22.8 Å². The Kier molecular flexibility index (Phi) is 6.96. The van der Waals surface area contributed by atoms with Gasteiger partial charge in [0.25, 0.3) is 5.91 Å². The van der Waals surface area contributed by atoms with E-state index in [1.807, 2.05) is 25.1 Å². The second-order valence-electron chi connectivity index (χ2n) is 9.94. The Morgan fingerprint density at radius 2 is 1.76 bits per heavy atom. The van der Waals surface area contributed by atoms with Gasteiger partial charge in [-0.1, -0.05) is 41.9 Å². The van der Waals surface area contributed by atoms with Gasteiger partial charge in [-0.15, -0.1) is 0 Å². The van der Waals surface area contributed by atoms with E-state index in [0.717, 1.165) is 11.1 Å². The standard InChI is InChI=1S/C27H26ClF3N4O3/c1-15-7-8-17(9-20(15)28)21(10-22(32)36)34-11-18-13-35(14-19(18)12-34)26(37)23-24(27(29,30)31)38-25(33-23)16-5-3-2-4-6-16/h2-9,18-19,21H,10-14H2,1H3,(H2,32,36). The minimum Gasteiger partial charge on any atom is -0.431 e. The zero-order valence-corrected chi connectivity index (χ0v) is 21.3. The maximum atomic E-state index is 13.8. The molecule has 3 unspecified atom stereocenters. The number of halogens is 4. The number of alkyl halides is 3. The molecule has 38 heavy (non-hydrogen) atoms. The van der Waals surface area contributed by atoms with Crippen molar-refractivity contribution in [2.75, 3.05) is 26.2 Å². The topological polar surface area (TPSA) is 92.7 Å². The molecular formula is C27H26ClF3N4O3. The van der Waals surface area contributed by atoms with Crippen LogP contribution in [0.5, 0.6) is 0 Å². The molecular weight excluding hydrogens is 521 g/mol. The summed E-state index contributed by atoms with van der Waals surface area (Å²) in [7, 11) is 0. The van der Waals surface area contributed by atoms with Crippen LogP contribution >= 0.6 is 11.6 Å². The molecule has 0 aliphatic carbocycles. The largest absolute Gasteiger partial charge is 0.452 e. The average Bonchev–Trinajstić information content (AvgIpc) is 3.58. The normalized spacial score (nSPS) is 20.5. The third-order valence-corrected chi connectivity index (χ3v) is 7.73. The lowest BCUT2D eigenvalue weighted by Gasteiger charge is -2.29. The van der Waals surface area contributed by atoms with Gasteiger partial charge in [-0.2, -0.15) is 13.2 Å². The number of aromatic nitrogens is 1. The van der Waals surface area contributed by atoms with E-state index < -0.39 is 29.4 Å². The summed E-state index contributed by atoms with van der Waals surface area (Å²) in [5.74, 6) is -2.82. The maximum absolute atomic E-state index is 13.8. The van der Waals surface area contributed by atoms with Crippen LogP contribution in [-0.4, -0.2) is 52.8 Å². The van der Waals surface area contributed by atoms with E-state index >= 15 is 0 Å². The number of oxazole rings is 1. The van der Waals surface area contributed by atoms with Crippen molar-refractivity contribution < 1.29 is 27.2 Å². The number of nitrogens with two attached hydrogens (primary N) is 1. The van der Waals surface area contributed by atoms with Crippen molar-refractivity contribution in [1.82, 2.24) is 14.8 Å². The van der Waals surface area contributed by atoms with Gasteiger partial charge >= 0.3 is 6.18 Å². The highest BCUT2D eigenvalue weighted by molar-refractivity contribution is 6.31. The van der Waals surface area contributed by atoms with Gasteiger partial charge in [0.05, 0.1) is 0 Å². The van der Waals surface area contributed by atoms with Crippen LogP contribution in [0, 0.1) is 18.8 Å². The van der Waals surface area contributed by atoms with E-state index in [0.29, 0.717) is 23.7 Å². The first kappa shape index (κ1) is 26.2. The summed E-state index contributed by atoms with van der Waals surface area (Å²) in [5, 5.41) is 0.594. The Morgan fingerprint density at radius 3 is 2.34 bits per heavy atom. The minimum absolute atomic E-state index is 0.0325. The number of rotatable bonds is 6. The summed E-state index contributed by atoms with van der Waals surface area (Å²) in [6.45, 7) is 3.59. The van der Waals surface area contributed by atoms with Gasteiger partial charge in [0.2, 0.25) is 17.6 Å². The molecule has 2 saturated heterocycles. The van der Waals surface area contributed by atoms with Gasteiger partial charge in [-0.25, -0.2) is 4.98 Å². The van der Waals surface area contributed by atoms with Crippen molar-refractivity contribution in [3.05, 3.63) is 76.1 Å². The third kappa shape index (κ3) is 5.15. The molecule has 0 saturated carbocycles. The van der Waals surface area contributed by atoms with Crippen LogP contribution in [0.2, 0.25) is 5.02 Å². The lowest BCUT2D eigenvalue weighted by molar-refractivity contribution is -0.153. The molecule has 2 amide bonds. The number of carbonyl (C=O) groups excluding carboxylic acids is 2. The monoisotopic (exact) mass is 546 g/mol. The molecule has 3 heterocycles. The SMILES string of the molecule is Cc1ccc(C(CC(N)=O)N2CC3CN(C(=O)c4nc(-c5ccccc5)oc4C(F)(F)F)CC3C2)cc1Cl. The Labute approximate surface area is 222 Å². The molecule has 0 radical (unpaired) electrons. The van der Waals surface area contributed by atoms with Gasteiger partial charge in [-0.3, -0.25) is 14.5 Å². The number of carbonyl (C=O) groups is 2. The Morgan fingerprint density at radius 1 is 1.11 bits per heavy atom. The molecule has 2 aliphatic heterocycles. The molecule has 11 heteroatoms. The number of fused-ring (bicyclic) bond motifs is 1. The number of aryl methyl sites for hydroxylation is 1. The van der Waals surface area contributed by atoms with Crippen LogP contribution in [0.25, 0.3) is 11.5 Å². The zero-order valence-electron chi connectivity index (χ0n) is 20.5. The molecule has 3 aromatic rings. The minimum atomic E-state index is -4.87. The van der Waals surface area contributed by atoms with Gasteiger partial charge in [0.15, 0.2) is 5.69 Å². The molecule has 200 valence electrons. The average molecular weight is 547 g/mol. The number of hydrogen-bond acceptors (Lipinski definition) is 5. The number of amides is 2. The molecule has 2 aliphatic rings. The van der Waals surface area contributed by atoms with Crippen LogP contribution in [0.4, 0.5) is 13.2 Å². The molecule has 7 nitrogen and oxygen atoms in total. The van der Waals surface area contributed by atoms with E-state index in [1.165, 1.54) is 4.90 Å². The summed E-state index contributed by atoms with van der Waals surface area (Å²) < 4.78 is 46.3. The van der Waals surface area contributed by atoms with E-state index in [1.54, 1.807) is 30.3 Å². The third-order valence-electron chi connectivity index (χ3n) is 7.33. The summed E-state index contributed by atoms with van der Waals surface area (Å²) >= 11 is 6.32. The number of primary amides is 1. The van der Waals surface area contributed by atoms with Crippen LogP contribution in [0.1, 0.15) is 39.8 Å². The van der Waals surface area contributed by atoms with Gasteiger partial charge in [-0.05, 0) is 48.1 Å². The molecule has 5 rings (SSSR count). The van der Waals surface area contributed by atoms with Crippen LogP contribution in [-0.2, 0) is 11.0 Å². The summed E-state index contributed by atoms with van der Waals surface area (Å²) in [4.78, 5) is 32.6. The van der Waals surface area contributed by atoms with Crippen LogP contribution < -0.4 is 5.73 Å². The summed E-state index contributed by atoms with van der Waals surface area (Å²) in [5.41, 5.74) is 6.96. The zero-order chi connectivity index (χ0) is 27.2. The number of hydrogen-bond donors (Lipinski definition) is 1. The smallest absolute Gasteiger partial charge is 0.431 e. The first-order valence-electron chi connectivity index (χ1n) is 12.2. The first-order chi connectivity index (χ1) is 18.0. The second-order valence-corrected chi connectivity index (χ2v) is 10.3. The van der Waals surface area contributed by atoms with Crippen molar-refractivity contribution in [1.29, 1.82) is 0 Å². The maximum Gasteiger partial charge on any atom is 0.452 e. The highest BCUT2D eigenvalue weighted by Crippen LogP contribution is 2.40. The lowest BCUT2D eigenvalue weighted by atomic mass is 10.0. The van der Waals surface area contributed by atoms with E-state index in [-0.39, 0.29) is 43.3 Å². The van der Waals surface area contributed by atoms with Crippen LogP contribution in [0.15, 0.2) is 52.9 Å². The molecule has 3 atom stereocenters. The molecule has 2 fully saturated rings. The molecule has 2 aromatic carbocycles. The van der Waals surface area contributed by atoms with Crippen molar-refractivity contribution in [3.63, 3.8) is 0 Å². The fraction of sp³-hybridized carbons (Fsp3) is 0.370. The Bertz CT molecular complexity index is 1350. The molecule has 1 aromatic heterocycles. The lowest BCUT2D eigenvalue weighted by Crippen LogP contribution is -2.36. The van der Waals surface area contributed by atoms with Gasteiger partial charge < -0.3 is 15.1 Å². The fourth-order valence-electron chi connectivity index (χ4n) is 5.43. The fourth-order valence-corrected chi connectivity index (χ4v) is 5.61. The number of nitrogens with zero attached hydrogens (tertiary/aromatic N) is 3.